The minimum atomic E-state index is -0.932. The zero-order valence-electron chi connectivity index (χ0n) is 10.2. The van der Waals surface area contributed by atoms with Gasteiger partial charge in [-0.15, -0.1) is 0 Å². The van der Waals surface area contributed by atoms with Crippen molar-refractivity contribution >= 4 is 23.2 Å². The summed E-state index contributed by atoms with van der Waals surface area (Å²) in [4.78, 5) is 11.6. The molecule has 2 rings (SSSR count). The van der Waals surface area contributed by atoms with Crippen molar-refractivity contribution in [1.29, 1.82) is 0 Å². The van der Waals surface area contributed by atoms with E-state index in [2.05, 4.69) is 0 Å². The number of hydrogen-bond donors (Lipinski definition) is 2. The third-order valence-corrected chi connectivity index (χ3v) is 3.84. The van der Waals surface area contributed by atoms with E-state index >= 15 is 0 Å². The molecule has 4 heteroatoms. The second kappa shape index (κ2) is 5.48. The molecule has 0 heterocycles. The predicted octanol–water partition coefficient (Wildman–Crippen LogP) is 3.07. The Bertz CT molecular complexity index is 479. The van der Waals surface area contributed by atoms with Gasteiger partial charge in [0.1, 0.15) is 4.99 Å². The van der Waals surface area contributed by atoms with Gasteiger partial charge in [0.15, 0.2) is 0 Å². The second-order valence-electron chi connectivity index (χ2n) is 4.77. The topological polar surface area (TPSA) is 63.3 Å². The molecule has 0 amide bonds. The fraction of sp³-hybridized carbons (Fsp3) is 0.429. The Labute approximate surface area is 112 Å². The summed E-state index contributed by atoms with van der Waals surface area (Å²) in [6.07, 6.45) is 5.69. The van der Waals surface area contributed by atoms with Crippen molar-refractivity contribution < 1.29 is 9.90 Å². The van der Waals surface area contributed by atoms with E-state index in [4.69, 9.17) is 18.0 Å². The fourth-order valence-electron chi connectivity index (χ4n) is 2.77. The van der Waals surface area contributed by atoms with E-state index in [9.17, 15) is 9.90 Å². The lowest BCUT2D eigenvalue weighted by Crippen LogP contribution is -2.19. The first-order chi connectivity index (χ1) is 8.61. The molecule has 0 radical (unpaired) electrons. The number of nitrogens with two attached hydrogens (primary N) is 1. The Morgan fingerprint density at radius 2 is 1.94 bits per heavy atom. The zero-order chi connectivity index (χ0) is 13.1. The highest BCUT2D eigenvalue weighted by Crippen LogP contribution is 2.35. The highest BCUT2D eigenvalue weighted by Gasteiger charge is 2.24. The monoisotopic (exact) mass is 263 g/mol. The fourth-order valence-corrected chi connectivity index (χ4v) is 2.94. The Morgan fingerprint density at radius 1 is 1.28 bits per heavy atom. The van der Waals surface area contributed by atoms with Gasteiger partial charge in [-0.3, -0.25) is 0 Å². The van der Waals surface area contributed by atoms with Gasteiger partial charge in [0, 0.05) is 5.56 Å². The lowest BCUT2D eigenvalue weighted by atomic mass is 9.81. The van der Waals surface area contributed by atoms with Crippen molar-refractivity contribution in [1.82, 2.24) is 0 Å². The van der Waals surface area contributed by atoms with E-state index in [1.54, 1.807) is 6.07 Å². The summed E-state index contributed by atoms with van der Waals surface area (Å²) >= 11 is 4.94. The normalized spacial score (nSPS) is 16.4. The minimum Gasteiger partial charge on any atom is -0.478 e. The van der Waals surface area contributed by atoms with Crippen LogP contribution in [0, 0.1) is 0 Å². The summed E-state index contributed by atoms with van der Waals surface area (Å²) in [5.74, 6) is -0.599. The first-order valence-electron chi connectivity index (χ1n) is 6.27. The molecule has 0 atom stereocenters. The maximum Gasteiger partial charge on any atom is 0.336 e. The Balaban J connectivity index is 2.48. The lowest BCUT2D eigenvalue weighted by molar-refractivity contribution is 0.0694. The molecule has 1 aliphatic rings. The van der Waals surface area contributed by atoms with Gasteiger partial charge in [0.05, 0.1) is 5.56 Å². The predicted molar refractivity (Wildman–Crippen MR) is 75.1 cm³/mol. The summed E-state index contributed by atoms with van der Waals surface area (Å²) in [6.45, 7) is 0. The highest BCUT2D eigenvalue weighted by atomic mass is 32.1. The van der Waals surface area contributed by atoms with Crippen molar-refractivity contribution in [2.45, 2.75) is 38.0 Å². The molecule has 1 aromatic rings. The molecule has 0 aromatic heterocycles. The number of aromatic carboxylic acids is 1. The van der Waals surface area contributed by atoms with E-state index < -0.39 is 5.97 Å². The number of rotatable bonds is 3. The van der Waals surface area contributed by atoms with Gasteiger partial charge in [-0.25, -0.2) is 4.79 Å². The van der Waals surface area contributed by atoms with Crippen molar-refractivity contribution in [3.8, 4) is 0 Å². The minimum absolute atomic E-state index is 0.157. The van der Waals surface area contributed by atoms with Gasteiger partial charge < -0.3 is 10.8 Å². The van der Waals surface area contributed by atoms with Crippen molar-refractivity contribution in [3.63, 3.8) is 0 Å². The maximum absolute atomic E-state index is 11.5. The standard InChI is InChI=1S/C14H17NO2S/c15-13(18)11-8-4-7-10(12(11)14(16)17)9-5-2-1-3-6-9/h4,7-9H,1-3,5-6H2,(H2,15,18)(H,16,17). The largest absolute Gasteiger partial charge is 0.478 e. The summed E-state index contributed by atoms with van der Waals surface area (Å²) < 4.78 is 0. The smallest absolute Gasteiger partial charge is 0.336 e. The molecule has 1 saturated carbocycles. The summed E-state index contributed by atoms with van der Waals surface area (Å²) in [6, 6.07) is 5.45. The van der Waals surface area contributed by atoms with Crippen LogP contribution in [0.15, 0.2) is 18.2 Å². The summed E-state index contributed by atoms with van der Waals surface area (Å²) in [5, 5.41) is 9.41. The number of carboxylic acids is 1. The lowest BCUT2D eigenvalue weighted by Gasteiger charge is -2.24. The third kappa shape index (κ3) is 2.53. The molecule has 0 bridgehead atoms. The van der Waals surface area contributed by atoms with E-state index in [1.807, 2.05) is 12.1 Å². The van der Waals surface area contributed by atoms with Gasteiger partial charge in [-0.05, 0) is 24.3 Å². The van der Waals surface area contributed by atoms with Crippen LogP contribution in [0.25, 0.3) is 0 Å². The number of benzene rings is 1. The van der Waals surface area contributed by atoms with Crippen LogP contribution in [-0.4, -0.2) is 16.1 Å². The Kier molecular flexibility index (Phi) is 3.97. The molecule has 0 spiro atoms. The van der Waals surface area contributed by atoms with E-state index in [0.717, 1.165) is 18.4 Å². The number of carbonyl (C=O) groups is 1. The third-order valence-electron chi connectivity index (χ3n) is 3.62. The average Bonchev–Trinajstić information content (AvgIpc) is 2.38. The van der Waals surface area contributed by atoms with Crippen LogP contribution in [0.1, 0.15) is 59.5 Å². The highest BCUT2D eigenvalue weighted by molar-refractivity contribution is 7.80. The average molecular weight is 263 g/mol. The van der Waals surface area contributed by atoms with Gasteiger partial charge in [-0.2, -0.15) is 0 Å². The first kappa shape index (κ1) is 13.0. The number of carboxylic acid groups (broad SMARTS) is 1. The number of thiocarbonyl (C=S) groups is 1. The Hall–Kier alpha value is -1.42. The van der Waals surface area contributed by atoms with Crippen LogP contribution < -0.4 is 5.73 Å². The van der Waals surface area contributed by atoms with Gasteiger partial charge in [0.2, 0.25) is 0 Å². The quantitative estimate of drug-likeness (QED) is 0.823. The van der Waals surface area contributed by atoms with Gasteiger partial charge >= 0.3 is 5.97 Å². The molecule has 1 aromatic carbocycles. The van der Waals surface area contributed by atoms with Crippen LogP contribution in [0.3, 0.4) is 0 Å². The van der Waals surface area contributed by atoms with E-state index in [1.165, 1.54) is 19.3 Å². The zero-order valence-corrected chi connectivity index (χ0v) is 11.0. The molecule has 1 aliphatic carbocycles. The Morgan fingerprint density at radius 3 is 2.50 bits per heavy atom. The van der Waals surface area contributed by atoms with Crippen LogP contribution in [0.2, 0.25) is 0 Å². The molecule has 0 unspecified atom stereocenters. The SMILES string of the molecule is NC(=S)c1cccc(C2CCCCC2)c1C(=O)O. The van der Waals surface area contributed by atoms with Gasteiger partial charge in [0.25, 0.3) is 0 Å². The molecule has 96 valence electrons. The van der Waals surface area contributed by atoms with Gasteiger partial charge in [-0.1, -0.05) is 49.7 Å². The number of hydrogen-bond acceptors (Lipinski definition) is 2. The molecular formula is C14H17NO2S. The van der Waals surface area contributed by atoms with Crippen LogP contribution in [-0.2, 0) is 0 Å². The molecule has 1 fully saturated rings. The molecule has 18 heavy (non-hydrogen) atoms. The molecular weight excluding hydrogens is 246 g/mol. The van der Waals surface area contributed by atoms with Crippen molar-refractivity contribution in [2.24, 2.45) is 5.73 Å². The molecule has 3 N–H and O–H groups in total. The first-order valence-corrected chi connectivity index (χ1v) is 6.68. The summed E-state index contributed by atoms with van der Waals surface area (Å²) in [7, 11) is 0. The van der Waals surface area contributed by atoms with Crippen molar-refractivity contribution in [3.05, 3.63) is 34.9 Å². The van der Waals surface area contributed by atoms with Crippen LogP contribution in [0.5, 0.6) is 0 Å². The molecule has 0 saturated heterocycles. The van der Waals surface area contributed by atoms with E-state index in [0.29, 0.717) is 17.0 Å². The van der Waals surface area contributed by atoms with Crippen LogP contribution in [0.4, 0.5) is 0 Å². The molecule has 0 aliphatic heterocycles. The van der Waals surface area contributed by atoms with E-state index in [-0.39, 0.29) is 4.99 Å². The van der Waals surface area contributed by atoms with Crippen LogP contribution >= 0.6 is 12.2 Å². The maximum atomic E-state index is 11.5. The second-order valence-corrected chi connectivity index (χ2v) is 5.21. The molecule has 3 nitrogen and oxygen atoms in total. The summed E-state index contributed by atoms with van der Waals surface area (Å²) in [5.41, 5.74) is 7.30. The van der Waals surface area contributed by atoms with Crippen molar-refractivity contribution in [2.75, 3.05) is 0 Å².